The summed E-state index contributed by atoms with van der Waals surface area (Å²) in [6, 6.07) is 14.7. The van der Waals surface area contributed by atoms with Gasteiger partial charge in [-0.25, -0.2) is 4.79 Å². The van der Waals surface area contributed by atoms with Crippen LogP contribution in [0.1, 0.15) is 0 Å². The molecule has 0 atom stereocenters. The largest absolute Gasteiger partial charge is 0.492 e. The summed E-state index contributed by atoms with van der Waals surface area (Å²) in [6.45, 7) is 3.77. The standard InChI is InChI=1S/C19H22ClN3O3/c20-15-4-3-5-16(14-15)26-11-8-21-19(24)22-17-6-1-2-7-18(17)23-9-12-25-13-10-23/h1-7,14H,8-13H2,(H2,21,22,24). The molecule has 1 fully saturated rings. The number of morpholine rings is 1. The maximum atomic E-state index is 12.2. The number of carbonyl (C=O) groups is 1. The SMILES string of the molecule is O=C(NCCOc1cccc(Cl)c1)Nc1ccccc1N1CCOCC1. The van der Waals surface area contributed by atoms with Crippen LogP contribution in [0.15, 0.2) is 48.5 Å². The molecule has 0 bridgehead atoms. The van der Waals surface area contributed by atoms with Crippen LogP contribution in [0.2, 0.25) is 5.02 Å². The van der Waals surface area contributed by atoms with E-state index in [0.29, 0.717) is 37.1 Å². The third-order valence-corrected chi connectivity index (χ3v) is 4.19. The topological polar surface area (TPSA) is 62.8 Å². The van der Waals surface area contributed by atoms with Crippen LogP contribution in [-0.2, 0) is 4.74 Å². The van der Waals surface area contributed by atoms with Crippen molar-refractivity contribution in [3.63, 3.8) is 0 Å². The Morgan fingerprint density at radius 3 is 2.77 bits per heavy atom. The molecule has 0 aromatic heterocycles. The summed E-state index contributed by atoms with van der Waals surface area (Å²) >= 11 is 5.91. The van der Waals surface area contributed by atoms with Crippen molar-refractivity contribution in [2.75, 3.05) is 49.7 Å². The van der Waals surface area contributed by atoms with E-state index < -0.39 is 0 Å². The molecule has 2 aromatic carbocycles. The van der Waals surface area contributed by atoms with Gasteiger partial charge in [0.25, 0.3) is 0 Å². The number of nitrogens with one attached hydrogen (secondary N) is 2. The Bertz CT molecular complexity index is 735. The molecule has 1 heterocycles. The lowest BCUT2D eigenvalue weighted by Gasteiger charge is -2.30. The molecule has 0 aliphatic carbocycles. The van der Waals surface area contributed by atoms with Crippen molar-refractivity contribution in [1.29, 1.82) is 0 Å². The number of carbonyl (C=O) groups excluding carboxylic acids is 1. The van der Waals surface area contributed by atoms with Gasteiger partial charge in [-0.1, -0.05) is 29.8 Å². The highest BCUT2D eigenvalue weighted by atomic mass is 35.5. The Morgan fingerprint density at radius 2 is 1.96 bits per heavy atom. The van der Waals surface area contributed by atoms with Crippen LogP contribution < -0.4 is 20.3 Å². The van der Waals surface area contributed by atoms with Gasteiger partial charge in [-0.15, -0.1) is 0 Å². The van der Waals surface area contributed by atoms with E-state index in [1.165, 1.54) is 0 Å². The minimum absolute atomic E-state index is 0.264. The molecule has 2 N–H and O–H groups in total. The molecule has 1 aliphatic rings. The van der Waals surface area contributed by atoms with Gasteiger partial charge in [0, 0.05) is 18.1 Å². The van der Waals surface area contributed by atoms with Gasteiger partial charge in [0.1, 0.15) is 12.4 Å². The predicted octanol–water partition coefficient (Wildman–Crippen LogP) is 3.38. The number of hydrogen-bond donors (Lipinski definition) is 2. The number of hydrogen-bond acceptors (Lipinski definition) is 4. The average Bonchev–Trinajstić information content (AvgIpc) is 2.66. The number of anilines is 2. The average molecular weight is 376 g/mol. The number of amides is 2. The Balaban J connectivity index is 1.47. The Labute approximate surface area is 158 Å². The highest BCUT2D eigenvalue weighted by molar-refractivity contribution is 6.30. The van der Waals surface area contributed by atoms with Crippen molar-refractivity contribution in [2.24, 2.45) is 0 Å². The maximum Gasteiger partial charge on any atom is 0.319 e. The third-order valence-electron chi connectivity index (χ3n) is 3.96. The van der Waals surface area contributed by atoms with E-state index in [1.54, 1.807) is 12.1 Å². The van der Waals surface area contributed by atoms with Gasteiger partial charge in [0.05, 0.1) is 31.1 Å². The fourth-order valence-electron chi connectivity index (χ4n) is 2.72. The molecule has 6 nitrogen and oxygen atoms in total. The Hall–Kier alpha value is -2.44. The number of benzene rings is 2. The predicted molar refractivity (Wildman–Crippen MR) is 103 cm³/mol. The number of urea groups is 1. The second-order valence-electron chi connectivity index (χ2n) is 5.80. The van der Waals surface area contributed by atoms with Crippen LogP contribution in [0.25, 0.3) is 0 Å². The Kier molecular flexibility index (Phi) is 6.57. The molecule has 3 rings (SSSR count). The van der Waals surface area contributed by atoms with Crippen LogP contribution in [0.4, 0.5) is 16.2 Å². The van der Waals surface area contributed by atoms with E-state index in [9.17, 15) is 4.79 Å². The van der Waals surface area contributed by atoms with E-state index in [1.807, 2.05) is 36.4 Å². The molecule has 2 aromatic rings. The second kappa shape index (κ2) is 9.31. The summed E-state index contributed by atoms with van der Waals surface area (Å²) in [5.74, 6) is 0.678. The second-order valence-corrected chi connectivity index (χ2v) is 6.24. The molecule has 2 amide bonds. The number of halogens is 1. The van der Waals surface area contributed by atoms with Crippen LogP contribution in [0.5, 0.6) is 5.75 Å². The maximum absolute atomic E-state index is 12.2. The monoisotopic (exact) mass is 375 g/mol. The van der Waals surface area contributed by atoms with Gasteiger partial charge >= 0.3 is 6.03 Å². The molecule has 7 heteroatoms. The third kappa shape index (κ3) is 5.28. The summed E-state index contributed by atoms with van der Waals surface area (Å²) in [7, 11) is 0. The normalized spacial score (nSPS) is 14.0. The van der Waals surface area contributed by atoms with Gasteiger partial charge in [-0.2, -0.15) is 0 Å². The lowest BCUT2D eigenvalue weighted by molar-refractivity contribution is 0.123. The number of ether oxygens (including phenoxy) is 2. The van der Waals surface area contributed by atoms with Gasteiger partial charge < -0.3 is 25.0 Å². The smallest absolute Gasteiger partial charge is 0.319 e. The van der Waals surface area contributed by atoms with Crippen LogP contribution in [0.3, 0.4) is 0 Å². The van der Waals surface area contributed by atoms with Crippen molar-refractivity contribution < 1.29 is 14.3 Å². The van der Waals surface area contributed by atoms with Crippen molar-refractivity contribution in [1.82, 2.24) is 5.32 Å². The number of para-hydroxylation sites is 2. The first-order chi connectivity index (χ1) is 12.7. The Morgan fingerprint density at radius 1 is 1.15 bits per heavy atom. The minimum Gasteiger partial charge on any atom is -0.492 e. The fraction of sp³-hybridized carbons (Fsp3) is 0.316. The summed E-state index contributed by atoms with van der Waals surface area (Å²) in [4.78, 5) is 14.4. The molecule has 1 saturated heterocycles. The van der Waals surface area contributed by atoms with Crippen LogP contribution in [-0.4, -0.2) is 45.5 Å². The molecule has 26 heavy (non-hydrogen) atoms. The molecule has 0 spiro atoms. The van der Waals surface area contributed by atoms with Crippen molar-refractivity contribution in [2.45, 2.75) is 0 Å². The van der Waals surface area contributed by atoms with E-state index in [-0.39, 0.29) is 6.03 Å². The fourth-order valence-corrected chi connectivity index (χ4v) is 2.90. The molecular weight excluding hydrogens is 354 g/mol. The zero-order valence-corrected chi connectivity index (χ0v) is 15.2. The summed E-state index contributed by atoms with van der Waals surface area (Å²) in [6.07, 6.45) is 0. The lowest BCUT2D eigenvalue weighted by atomic mass is 10.2. The van der Waals surface area contributed by atoms with E-state index in [2.05, 4.69) is 15.5 Å². The van der Waals surface area contributed by atoms with E-state index in [4.69, 9.17) is 21.1 Å². The highest BCUT2D eigenvalue weighted by Crippen LogP contribution is 2.26. The van der Waals surface area contributed by atoms with Gasteiger partial charge in [0.2, 0.25) is 0 Å². The van der Waals surface area contributed by atoms with Gasteiger partial charge in [-0.3, -0.25) is 0 Å². The van der Waals surface area contributed by atoms with Crippen LogP contribution >= 0.6 is 11.6 Å². The molecule has 0 saturated carbocycles. The first-order valence-electron chi connectivity index (χ1n) is 8.57. The van der Waals surface area contributed by atoms with Gasteiger partial charge in [-0.05, 0) is 30.3 Å². The number of nitrogens with zero attached hydrogens (tertiary/aromatic N) is 1. The number of rotatable bonds is 6. The van der Waals surface area contributed by atoms with Crippen LogP contribution in [0, 0.1) is 0 Å². The first-order valence-corrected chi connectivity index (χ1v) is 8.95. The molecule has 0 unspecified atom stereocenters. The zero-order valence-electron chi connectivity index (χ0n) is 14.4. The summed E-state index contributed by atoms with van der Waals surface area (Å²) < 4.78 is 10.9. The first kappa shape index (κ1) is 18.4. The highest BCUT2D eigenvalue weighted by Gasteiger charge is 2.15. The lowest BCUT2D eigenvalue weighted by Crippen LogP contribution is -2.37. The van der Waals surface area contributed by atoms with E-state index >= 15 is 0 Å². The molecule has 1 aliphatic heterocycles. The molecule has 0 radical (unpaired) electrons. The summed E-state index contributed by atoms with van der Waals surface area (Å²) in [5.41, 5.74) is 1.78. The van der Waals surface area contributed by atoms with Crippen molar-refractivity contribution in [3.05, 3.63) is 53.6 Å². The quantitative estimate of drug-likeness (QED) is 0.760. The minimum atomic E-state index is -0.264. The molecular formula is C19H22ClN3O3. The summed E-state index contributed by atoms with van der Waals surface area (Å²) in [5, 5.41) is 6.32. The van der Waals surface area contributed by atoms with E-state index in [0.717, 1.165) is 24.5 Å². The van der Waals surface area contributed by atoms with Crippen molar-refractivity contribution >= 4 is 29.0 Å². The zero-order chi connectivity index (χ0) is 18.2. The van der Waals surface area contributed by atoms with Gasteiger partial charge in [0.15, 0.2) is 0 Å². The molecule has 138 valence electrons. The van der Waals surface area contributed by atoms with Crippen molar-refractivity contribution in [3.8, 4) is 5.75 Å².